The summed E-state index contributed by atoms with van der Waals surface area (Å²) < 4.78 is 175. The van der Waals surface area contributed by atoms with E-state index in [1.54, 1.807) is 0 Å². The Morgan fingerprint density at radius 1 is 0.765 bits per heavy atom. The van der Waals surface area contributed by atoms with Crippen molar-refractivity contribution < 1.29 is 60.2 Å². The first-order valence-corrected chi connectivity index (χ1v) is 14.2. The van der Waals surface area contributed by atoms with Gasteiger partial charge in [-0.1, -0.05) is 27.9 Å². The second-order valence-corrected chi connectivity index (χ2v) is 13.5. The number of hydrogen-bond donors (Lipinski definition) is 2. The summed E-state index contributed by atoms with van der Waals surface area (Å²) in [5.41, 5.74) is 0. The first-order valence-electron chi connectivity index (χ1n) is 7.89. The van der Waals surface area contributed by atoms with Crippen molar-refractivity contribution in [3.05, 3.63) is 53.3 Å². The molecule has 2 aromatic rings. The number of sulfonamides is 2. The van der Waals surface area contributed by atoms with Crippen molar-refractivity contribution >= 4 is 51.6 Å². The van der Waals surface area contributed by atoms with Gasteiger partial charge in [0.25, 0.3) is 40.0 Å². The number of alkyl halides is 4. The molecule has 2 rings (SSSR count). The fourth-order valence-electron chi connectivity index (χ4n) is 2.27. The quantitative estimate of drug-likeness (QED) is 0.264. The van der Waals surface area contributed by atoms with E-state index in [4.69, 9.17) is 16.2 Å². The van der Waals surface area contributed by atoms with Crippen LogP contribution in [0.25, 0.3) is 0 Å². The standard InChI is InChI=1S/C14H9ClF5NO9S4/c15-9-7-8(16)5-6-10(9)31(22,23)13(17,18)14(19,20)34(29,30)21-32(24,25)11-3-1-2-4-12(11)33(26,27)28/h1-7,21H,(H,26,27,28). The fraction of sp³-hybridized carbons (Fsp3) is 0.143. The Hall–Kier alpha value is -1.90. The van der Waals surface area contributed by atoms with E-state index in [1.165, 1.54) is 0 Å². The molecule has 0 heterocycles. The number of hydrogen-bond acceptors (Lipinski definition) is 8. The third kappa shape index (κ3) is 4.77. The Balaban J connectivity index is 2.64. The van der Waals surface area contributed by atoms with E-state index in [1.807, 2.05) is 0 Å². The zero-order valence-corrected chi connectivity index (χ0v) is 19.7. The minimum Gasteiger partial charge on any atom is -0.282 e. The molecule has 190 valence electrons. The Kier molecular flexibility index (Phi) is 7.20. The lowest BCUT2D eigenvalue weighted by Gasteiger charge is -2.26. The van der Waals surface area contributed by atoms with Crippen LogP contribution in [-0.4, -0.2) is 48.7 Å². The van der Waals surface area contributed by atoms with Crippen LogP contribution in [0, 0.1) is 5.82 Å². The van der Waals surface area contributed by atoms with Crippen molar-refractivity contribution in [3.63, 3.8) is 0 Å². The van der Waals surface area contributed by atoms with Crippen LogP contribution in [0.3, 0.4) is 0 Å². The molecule has 0 saturated carbocycles. The molecule has 34 heavy (non-hydrogen) atoms. The number of sulfone groups is 1. The summed E-state index contributed by atoms with van der Waals surface area (Å²) >= 11 is 5.29. The topological polar surface area (TPSA) is 169 Å². The zero-order chi connectivity index (χ0) is 26.5. The second-order valence-electron chi connectivity index (χ2n) is 6.12. The Bertz CT molecular complexity index is 1570. The molecular weight excluding hydrogens is 585 g/mol. The molecule has 0 unspecified atom stereocenters. The summed E-state index contributed by atoms with van der Waals surface area (Å²) in [5, 5.41) is -14.6. The van der Waals surface area contributed by atoms with Crippen LogP contribution in [0.4, 0.5) is 22.0 Å². The molecule has 0 spiro atoms. The first-order chi connectivity index (χ1) is 15.1. The van der Waals surface area contributed by atoms with E-state index in [0.29, 0.717) is 12.1 Å². The minimum atomic E-state index is -7.19. The molecule has 0 fully saturated rings. The van der Waals surface area contributed by atoms with Crippen molar-refractivity contribution in [2.45, 2.75) is 25.2 Å². The SMILES string of the molecule is O=S(=O)(O)c1ccccc1S(=O)(=O)NS(=O)(=O)C(F)(F)C(F)(F)S(=O)(=O)c1ccc(F)cc1Cl. The molecular formula is C14H9ClF5NO9S4. The third-order valence-corrected chi connectivity index (χ3v) is 10.9. The van der Waals surface area contributed by atoms with E-state index in [0.717, 1.165) is 12.1 Å². The molecule has 0 aliphatic heterocycles. The smallest absolute Gasteiger partial charge is 0.282 e. The lowest BCUT2D eigenvalue weighted by Crippen LogP contribution is -2.56. The summed E-state index contributed by atoms with van der Waals surface area (Å²) in [5.74, 6) is -1.27. The highest BCUT2D eigenvalue weighted by Crippen LogP contribution is 2.46. The zero-order valence-electron chi connectivity index (χ0n) is 15.7. The van der Waals surface area contributed by atoms with Crippen molar-refractivity contribution in [2.24, 2.45) is 0 Å². The highest BCUT2D eigenvalue weighted by molar-refractivity contribution is 8.06. The van der Waals surface area contributed by atoms with E-state index in [9.17, 15) is 55.6 Å². The van der Waals surface area contributed by atoms with Crippen LogP contribution in [0.5, 0.6) is 0 Å². The number of halogens is 6. The van der Waals surface area contributed by atoms with Crippen molar-refractivity contribution in [3.8, 4) is 0 Å². The summed E-state index contributed by atoms with van der Waals surface area (Å²) in [7, 11) is -25.3. The minimum absolute atomic E-state index is 0.0378. The average Bonchev–Trinajstić information content (AvgIpc) is 2.65. The molecule has 20 heteroatoms. The van der Waals surface area contributed by atoms with Gasteiger partial charge in [-0.2, -0.15) is 26.0 Å². The molecule has 0 aliphatic carbocycles. The van der Waals surface area contributed by atoms with Crippen LogP contribution in [0.15, 0.2) is 57.2 Å². The number of rotatable bonds is 8. The Labute approximate surface area is 194 Å². The van der Waals surface area contributed by atoms with Crippen molar-refractivity contribution in [1.82, 2.24) is 4.13 Å². The largest absolute Gasteiger partial charge is 0.436 e. The fourth-order valence-corrected chi connectivity index (χ4v) is 8.61. The molecule has 2 aromatic carbocycles. The highest BCUT2D eigenvalue weighted by Gasteiger charge is 2.74. The summed E-state index contributed by atoms with van der Waals surface area (Å²) in [4.78, 5) is -4.97. The van der Waals surface area contributed by atoms with Gasteiger partial charge < -0.3 is 0 Å². The first kappa shape index (κ1) is 28.3. The number of benzene rings is 2. The molecule has 0 radical (unpaired) electrons. The third-order valence-electron chi connectivity index (χ3n) is 3.83. The Morgan fingerprint density at radius 2 is 1.26 bits per heavy atom. The maximum atomic E-state index is 14.4. The van der Waals surface area contributed by atoms with E-state index < -0.39 is 76.0 Å². The molecule has 2 N–H and O–H groups in total. The summed E-state index contributed by atoms with van der Waals surface area (Å²) in [6, 6.07) is 2.72. The van der Waals surface area contributed by atoms with Gasteiger partial charge >= 0.3 is 10.5 Å². The molecule has 10 nitrogen and oxygen atoms in total. The van der Waals surface area contributed by atoms with Crippen LogP contribution in [0.1, 0.15) is 0 Å². The van der Waals surface area contributed by atoms with E-state index in [-0.39, 0.29) is 22.3 Å². The van der Waals surface area contributed by atoms with Gasteiger partial charge in [0, 0.05) is 0 Å². The van der Waals surface area contributed by atoms with E-state index in [2.05, 4.69) is 0 Å². The molecule has 0 amide bonds. The second kappa shape index (κ2) is 8.64. The lowest BCUT2D eigenvalue weighted by molar-refractivity contribution is -0.0969. The maximum Gasteiger partial charge on any atom is 0.436 e. The van der Waals surface area contributed by atoms with Crippen molar-refractivity contribution in [1.29, 1.82) is 0 Å². The van der Waals surface area contributed by atoms with Gasteiger partial charge in [-0.3, -0.25) is 4.55 Å². The van der Waals surface area contributed by atoms with Crippen LogP contribution >= 0.6 is 11.6 Å². The summed E-state index contributed by atoms with van der Waals surface area (Å²) in [6.45, 7) is 0. The van der Waals surface area contributed by atoms with Gasteiger partial charge in [-0.05, 0) is 30.3 Å². The predicted molar refractivity (Wildman–Crippen MR) is 104 cm³/mol. The normalized spacial score (nSPS) is 14.2. The molecule has 0 saturated heterocycles. The monoisotopic (exact) mass is 593 g/mol. The predicted octanol–water partition coefficient (Wildman–Crippen LogP) is 1.99. The maximum absolute atomic E-state index is 14.4. The van der Waals surface area contributed by atoms with Crippen LogP contribution in [-0.2, 0) is 40.0 Å². The van der Waals surface area contributed by atoms with Crippen LogP contribution in [0.2, 0.25) is 5.02 Å². The van der Waals surface area contributed by atoms with Crippen LogP contribution < -0.4 is 4.13 Å². The van der Waals surface area contributed by atoms with Gasteiger partial charge in [-0.15, -0.1) is 0 Å². The Morgan fingerprint density at radius 3 is 1.74 bits per heavy atom. The van der Waals surface area contributed by atoms with Crippen molar-refractivity contribution in [2.75, 3.05) is 0 Å². The molecule has 0 aliphatic rings. The average molecular weight is 594 g/mol. The number of nitrogens with one attached hydrogen (secondary N) is 1. The molecule has 0 aromatic heterocycles. The molecule has 0 atom stereocenters. The van der Waals surface area contributed by atoms with Gasteiger partial charge in [0.1, 0.15) is 15.6 Å². The van der Waals surface area contributed by atoms with Gasteiger partial charge in [0.05, 0.1) is 9.92 Å². The highest BCUT2D eigenvalue weighted by atomic mass is 35.5. The summed E-state index contributed by atoms with van der Waals surface area (Å²) in [6.07, 6.45) is 0. The lowest BCUT2D eigenvalue weighted by atomic mass is 10.3. The molecule has 0 bridgehead atoms. The van der Waals surface area contributed by atoms with Gasteiger partial charge in [0.15, 0.2) is 0 Å². The van der Waals surface area contributed by atoms with E-state index >= 15 is 0 Å². The van der Waals surface area contributed by atoms with Gasteiger partial charge in [0.2, 0.25) is 0 Å². The van der Waals surface area contributed by atoms with Gasteiger partial charge in [-0.25, -0.2) is 29.6 Å².